The quantitative estimate of drug-likeness (QED) is 0.607. The molecule has 10 heavy (non-hydrogen) atoms. The number of nitrogens with one attached hydrogen (secondary N) is 1. The first-order chi connectivity index (χ1) is 4.41. The van der Waals surface area contributed by atoms with E-state index in [9.17, 15) is 0 Å². The smallest absolute Gasteiger partial charge is 0.0292 e. The van der Waals surface area contributed by atoms with Crippen LogP contribution in [0, 0.1) is 0 Å². The summed E-state index contributed by atoms with van der Waals surface area (Å²) in [6.45, 7) is 2.53. The number of hydrogen-bond donors (Lipinski definition) is 1. The van der Waals surface area contributed by atoms with Gasteiger partial charge in [-0.3, -0.25) is 0 Å². The second-order valence-electron chi connectivity index (χ2n) is 3.06. The molecule has 2 fully saturated rings. The zero-order chi connectivity index (χ0) is 6.16. The third-order valence-corrected chi connectivity index (χ3v) is 3.97. The minimum absolute atomic E-state index is 0. The van der Waals surface area contributed by atoms with Gasteiger partial charge in [0.05, 0.1) is 0 Å². The Hall–Kier alpha value is 0.600. The van der Waals surface area contributed by atoms with Crippen molar-refractivity contribution in [2.45, 2.75) is 24.0 Å². The van der Waals surface area contributed by atoms with Crippen LogP contribution in [0.3, 0.4) is 0 Å². The van der Waals surface area contributed by atoms with Gasteiger partial charge in [-0.1, -0.05) is 0 Å². The van der Waals surface area contributed by atoms with Crippen LogP contribution in [0.5, 0.6) is 0 Å². The Morgan fingerprint density at radius 2 is 2.10 bits per heavy atom. The fourth-order valence-corrected chi connectivity index (χ4v) is 2.94. The minimum Gasteiger partial charge on any atom is -0.315 e. The molecule has 2 aliphatic rings. The maximum Gasteiger partial charge on any atom is 0.0292 e. The summed E-state index contributed by atoms with van der Waals surface area (Å²) < 4.78 is 0.707. The van der Waals surface area contributed by atoms with Crippen molar-refractivity contribution in [2.24, 2.45) is 0 Å². The largest absolute Gasteiger partial charge is 0.315 e. The molecule has 0 aliphatic carbocycles. The zero-order valence-electron chi connectivity index (χ0n) is 6.06. The highest BCUT2D eigenvalue weighted by Gasteiger charge is 2.38. The fourth-order valence-electron chi connectivity index (χ4n) is 1.67. The molecule has 0 aromatic heterocycles. The highest BCUT2D eigenvalue weighted by Crippen LogP contribution is 2.44. The Labute approximate surface area is 72.7 Å². The Kier molecular flexibility index (Phi) is 2.90. The summed E-state index contributed by atoms with van der Waals surface area (Å²) in [4.78, 5) is 0. The molecule has 1 spiro atoms. The lowest BCUT2D eigenvalue weighted by atomic mass is 9.95. The molecule has 0 radical (unpaired) electrons. The molecule has 1 atom stereocenters. The Morgan fingerprint density at radius 1 is 1.30 bits per heavy atom. The molecule has 0 aromatic carbocycles. The first kappa shape index (κ1) is 8.69. The van der Waals surface area contributed by atoms with Crippen molar-refractivity contribution < 1.29 is 0 Å². The van der Waals surface area contributed by atoms with Gasteiger partial charge in [0, 0.05) is 11.3 Å². The van der Waals surface area contributed by atoms with Crippen LogP contribution in [0.2, 0.25) is 0 Å². The maximum atomic E-state index is 3.46. The van der Waals surface area contributed by atoms with E-state index in [-0.39, 0.29) is 12.4 Å². The van der Waals surface area contributed by atoms with Crippen LogP contribution in [-0.4, -0.2) is 23.6 Å². The zero-order valence-corrected chi connectivity index (χ0v) is 7.69. The third-order valence-electron chi connectivity index (χ3n) is 2.40. The number of halogens is 1. The van der Waals surface area contributed by atoms with Crippen LogP contribution >= 0.6 is 24.2 Å². The molecule has 0 bridgehead atoms. The Bertz CT molecular complexity index is 106. The van der Waals surface area contributed by atoms with E-state index < -0.39 is 0 Å². The molecular weight excluding hydrogens is 166 g/mol. The lowest BCUT2D eigenvalue weighted by Crippen LogP contribution is -2.48. The van der Waals surface area contributed by atoms with E-state index in [0.717, 1.165) is 0 Å². The standard InChI is InChI=1S/C7H13NS.ClH/c1-2-7(3-5-9-7)6-8-4-1;/h8H,1-6H2;1H. The van der Waals surface area contributed by atoms with E-state index in [4.69, 9.17) is 0 Å². The number of thioether (sulfide) groups is 1. The molecule has 0 aromatic rings. The van der Waals surface area contributed by atoms with E-state index in [0.29, 0.717) is 4.75 Å². The predicted molar refractivity (Wildman–Crippen MR) is 49.2 cm³/mol. The van der Waals surface area contributed by atoms with E-state index >= 15 is 0 Å². The molecule has 1 nitrogen and oxygen atoms in total. The molecule has 1 N–H and O–H groups in total. The highest BCUT2D eigenvalue weighted by molar-refractivity contribution is 8.02. The summed E-state index contributed by atoms with van der Waals surface area (Å²) in [6, 6.07) is 0. The average Bonchev–Trinajstić information content (AvgIpc) is 1.87. The van der Waals surface area contributed by atoms with Crippen LogP contribution in [0.1, 0.15) is 19.3 Å². The van der Waals surface area contributed by atoms with Gasteiger partial charge in [-0.05, 0) is 31.6 Å². The van der Waals surface area contributed by atoms with Crippen LogP contribution in [-0.2, 0) is 0 Å². The number of piperidine rings is 1. The lowest BCUT2D eigenvalue weighted by Gasteiger charge is -2.44. The number of rotatable bonds is 0. The van der Waals surface area contributed by atoms with Gasteiger partial charge in [-0.25, -0.2) is 0 Å². The summed E-state index contributed by atoms with van der Waals surface area (Å²) in [5.41, 5.74) is 0. The normalized spacial score (nSPS) is 38.4. The summed E-state index contributed by atoms with van der Waals surface area (Å²) in [5, 5.41) is 3.46. The minimum atomic E-state index is 0. The second kappa shape index (κ2) is 3.33. The molecule has 3 heteroatoms. The molecule has 2 saturated heterocycles. The van der Waals surface area contributed by atoms with Crippen LogP contribution in [0.25, 0.3) is 0 Å². The SMILES string of the molecule is C1CNCC2(C1)CCS2.Cl. The van der Waals surface area contributed by atoms with Gasteiger partial charge < -0.3 is 5.32 Å². The molecule has 60 valence electrons. The number of hydrogen-bond acceptors (Lipinski definition) is 2. The van der Waals surface area contributed by atoms with Crippen molar-refractivity contribution in [3.8, 4) is 0 Å². The van der Waals surface area contributed by atoms with Gasteiger partial charge in [0.2, 0.25) is 0 Å². The fraction of sp³-hybridized carbons (Fsp3) is 1.00. The highest BCUT2D eigenvalue weighted by atomic mass is 35.5. The van der Waals surface area contributed by atoms with Crippen molar-refractivity contribution in [1.29, 1.82) is 0 Å². The van der Waals surface area contributed by atoms with E-state index in [1.807, 2.05) is 0 Å². The van der Waals surface area contributed by atoms with E-state index in [1.165, 1.54) is 38.1 Å². The third kappa shape index (κ3) is 1.44. The lowest BCUT2D eigenvalue weighted by molar-refractivity contribution is 0.390. The monoisotopic (exact) mass is 179 g/mol. The molecule has 2 rings (SSSR count). The van der Waals surface area contributed by atoms with Crippen molar-refractivity contribution in [1.82, 2.24) is 5.32 Å². The van der Waals surface area contributed by atoms with Crippen LogP contribution in [0.15, 0.2) is 0 Å². The second-order valence-corrected chi connectivity index (χ2v) is 4.62. The average molecular weight is 180 g/mol. The topological polar surface area (TPSA) is 12.0 Å². The van der Waals surface area contributed by atoms with Crippen molar-refractivity contribution in [2.75, 3.05) is 18.8 Å². The van der Waals surface area contributed by atoms with Gasteiger partial charge in [0.1, 0.15) is 0 Å². The van der Waals surface area contributed by atoms with Gasteiger partial charge in [-0.15, -0.1) is 12.4 Å². The molecule has 1 unspecified atom stereocenters. The van der Waals surface area contributed by atoms with Gasteiger partial charge >= 0.3 is 0 Å². The van der Waals surface area contributed by atoms with Crippen LogP contribution in [0.4, 0.5) is 0 Å². The molecule has 2 heterocycles. The Balaban J connectivity index is 0.000000500. The summed E-state index contributed by atoms with van der Waals surface area (Å²) >= 11 is 2.17. The van der Waals surface area contributed by atoms with Crippen molar-refractivity contribution in [3.05, 3.63) is 0 Å². The molecular formula is C7H14ClNS. The summed E-state index contributed by atoms with van der Waals surface area (Å²) in [5.74, 6) is 1.40. The molecule has 0 saturated carbocycles. The van der Waals surface area contributed by atoms with E-state index in [2.05, 4.69) is 17.1 Å². The van der Waals surface area contributed by atoms with Gasteiger partial charge in [0.15, 0.2) is 0 Å². The van der Waals surface area contributed by atoms with Gasteiger partial charge in [-0.2, -0.15) is 11.8 Å². The maximum absolute atomic E-state index is 3.46. The first-order valence-electron chi connectivity index (χ1n) is 3.76. The molecule has 2 aliphatic heterocycles. The first-order valence-corrected chi connectivity index (χ1v) is 4.75. The van der Waals surface area contributed by atoms with Crippen molar-refractivity contribution >= 4 is 24.2 Å². The summed E-state index contributed by atoms with van der Waals surface area (Å²) in [7, 11) is 0. The molecule has 0 amide bonds. The van der Waals surface area contributed by atoms with Gasteiger partial charge in [0.25, 0.3) is 0 Å². The Morgan fingerprint density at radius 3 is 2.40 bits per heavy atom. The predicted octanol–water partition coefficient (Wildman–Crippen LogP) is 1.67. The summed E-state index contributed by atoms with van der Waals surface area (Å²) in [6.07, 6.45) is 4.32. The van der Waals surface area contributed by atoms with Crippen molar-refractivity contribution in [3.63, 3.8) is 0 Å². The van der Waals surface area contributed by atoms with Crippen LogP contribution < -0.4 is 5.32 Å². The van der Waals surface area contributed by atoms with E-state index in [1.54, 1.807) is 0 Å².